The third-order valence-electron chi connectivity index (χ3n) is 5.88. The van der Waals surface area contributed by atoms with Crippen LogP contribution in [-0.2, 0) is 22.4 Å². The van der Waals surface area contributed by atoms with Crippen LogP contribution in [-0.4, -0.2) is 39.2 Å². The van der Waals surface area contributed by atoms with Gasteiger partial charge in [0.15, 0.2) is 6.10 Å². The number of hydrogen-bond donors (Lipinski definition) is 4. The van der Waals surface area contributed by atoms with Crippen LogP contribution in [0.1, 0.15) is 30.5 Å². The summed E-state index contributed by atoms with van der Waals surface area (Å²) < 4.78 is 11.3. The molecule has 2 heterocycles. The fourth-order valence-electron chi connectivity index (χ4n) is 4.13. The Morgan fingerprint density at radius 2 is 1.94 bits per heavy atom. The minimum atomic E-state index is -1.21. The number of H-pyrrole nitrogens is 1. The van der Waals surface area contributed by atoms with Gasteiger partial charge in [0.25, 0.3) is 5.91 Å². The van der Waals surface area contributed by atoms with Crippen LogP contribution in [0, 0.1) is 6.92 Å². The summed E-state index contributed by atoms with van der Waals surface area (Å²) in [5.74, 6) is -1.37. The number of ether oxygens (including phenoxy) is 1. The molecule has 2 atom stereocenters. The van der Waals surface area contributed by atoms with Crippen molar-refractivity contribution in [2.24, 2.45) is 0 Å². The number of hydrogen-bond acceptors (Lipinski definition) is 6. The average molecular weight is 479 g/mol. The zero-order chi connectivity index (χ0) is 25.3. The van der Waals surface area contributed by atoms with Crippen molar-refractivity contribution in [2.75, 3.05) is 0 Å². The molecular weight excluding hydrogens is 452 g/mol. The van der Waals surface area contributed by atoms with E-state index in [1.165, 1.54) is 19.1 Å². The largest absolute Gasteiger partial charge is 0.508 e. The van der Waals surface area contributed by atoms with Crippen LogP contribution in [0.4, 0.5) is 0 Å². The molecule has 2 aromatic heterocycles. The van der Waals surface area contributed by atoms with Crippen molar-refractivity contribution < 1.29 is 29.0 Å². The van der Waals surface area contributed by atoms with Gasteiger partial charge < -0.3 is 29.7 Å². The van der Waals surface area contributed by atoms with Gasteiger partial charge in [0.05, 0.1) is 5.39 Å². The van der Waals surface area contributed by atoms with Gasteiger partial charge in [-0.25, -0.2) is 9.59 Å². The molecule has 0 aliphatic rings. The second-order valence-electron chi connectivity index (χ2n) is 8.49. The van der Waals surface area contributed by atoms with Crippen LogP contribution < -0.4 is 15.7 Å². The summed E-state index contributed by atoms with van der Waals surface area (Å²) in [5, 5.41) is 23.3. The number of carbonyl (C=O) groups excluding carboxylic acids is 1. The van der Waals surface area contributed by atoms with E-state index in [4.69, 9.17) is 9.15 Å². The van der Waals surface area contributed by atoms with Gasteiger partial charge in [0.1, 0.15) is 23.1 Å². The number of nitrogens with one attached hydrogen (secondary N) is 2. The predicted molar refractivity (Wildman–Crippen MR) is 130 cm³/mol. The molecule has 0 unspecified atom stereocenters. The number of benzene rings is 2. The van der Waals surface area contributed by atoms with E-state index in [-0.39, 0.29) is 12.2 Å². The van der Waals surface area contributed by atoms with Crippen LogP contribution in [0.5, 0.6) is 11.5 Å². The van der Waals surface area contributed by atoms with Gasteiger partial charge in [0.2, 0.25) is 0 Å². The van der Waals surface area contributed by atoms with E-state index in [1.54, 1.807) is 30.5 Å². The van der Waals surface area contributed by atoms with Gasteiger partial charge in [-0.3, -0.25) is 4.79 Å². The van der Waals surface area contributed by atoms with Crippen LogP contribution >= 0.6 is 0 Å². The zero-order valence-electron chi connectivity index (χ0n) is 19.5. The Labute approximate surface area is 200 Å². The first-order valence-corrected chi connectivity index (χ1v) is 11.2. The van der Waals surface area contributed by atoms with Crippen molar-refractivity contribution in [3.05, 3.63) is 69.7 Å². The molecule has 35 heavy (non-hydrogen) atoms. The number of carbonyl (C=O) groups is 2. The van der Waals surface area contributed by atoms with Gasteiger partial charge >= 0.3 is 11.6 Å². The van der Waals surface area contributed by atoms with Gasteiger partial charge in [-0.2, -0.15) is 0 Å². The van der Waals surface area contributed by atoms with E-state index < -0.39 is 29.6 Å². The van der Waals surface area contributed by atoms with Gasteiger partial charge in [-0.1, -0.05) is 6.92 Å². The summed E-state index contributed by atoms with van der Waals surface area (Å²) in [6.07, 6.45) is 1.20. The SMILES string of the molecule is CCc1cc(=O)oc2cc(C)cc(O[C@H](C)C(=O)N[C@@H](Cc3c[nH]c4ccc(O)cc34)C(=O)O)c12. The molecule has 0 bridgehead atoms. The molecule has 9 heteroatoms. The Bertz CT molecular complexity index is 1480. The fourth-order valence-corrected chi connectivity index (χ4v) is 4.13. The van der Waals surface area contributed by atoms with Gasteiger partial charge in [-0.05, 0) is 67.3 Å². The number of phenolic OH excluding ortho intramolecular Hbond substituents is 1. The molecule has 9 nitrogen and oxygen atoms in total. The van der Waals surface area contributed by atoms with E-state index in [9.17, 15) is 24.6 Å². The second kappa shape index (κ2) is 9.54. The number of aromatic amines is 1. The monoisotopic (exact) mass is 478 g/mol. The standard InChI is InChI=1S/C26H26N2O7/c1-4-15-10-23(30)35-22-8-13(2)7-21(24(15)22)34-14(3)25(31)28-20(26(32)33)9-16-12-27-19-6-5-17(29)11-18(16)19/h5-8,10-12,14,20,27,29H,4,9H2,1-3H3,(H,28,31)(H,32,33)/t14-,20+/m1/s1. The lowest BCUT2D eigenvalue weighted by molar-refractivity contribution is -0.142. The summed E-state index contributed by atoms with van der Waals surface area (Å²) in [4.78, 5) is 39.8. The van der Waals surface area contributed by atoms with Crippen LogP contribution in [0.3, 0.4) is 0 Å². The lowest BCUT2D eigenvalue weighted by Crippen LogP contribution is -2.47. The number of aromatic nitrogens is 1. The lowest BCUT2D eigenvalue weighted by Gasteiger charge is -2.20. The quantitative estimate of drug-likeness (QED) is 0.284. The Kier molecular flexibility index (Phi) is 6.50. The molecule has 1 amide bonds. The molecule has 0 spiro atoms. The minimum Gasteiger partial charge on any atom is -0.508 e. The number of aryl methyl sites for hydroxylation is 2. The highest BCUT2D eigenvalue weighted by molar-refractivity contribution is 5.90. The Hall–Kier alpha value is -4.27. The smallest absolute Gasteiger partial charge is 0.336 e. The van der Waals surface area contributed by atoms with E-state index in [2.05, 4.69) is 10.3 Å². The van der Waals surface area contributed by atoms with E-state index >= 15 is 0 Å². The first kappa shape index (κ1) is 23.9. The molecule has 4 N–H and O–H groups in total. The number of fused-ring (bicyclic) bond motifs is 2. The Morgan fingerprint density at radius 3 is 2.66 bits per heavy atom. The van der Waals surface area contributed by atoms with E-state index in [0.29, 0.717) is 34.1 Å². The molecule has 0 aliphatic heterocycles. The molecular formula is C26H26N2O7. The Balaban J connectivity index is 1.56. The van der Waals surface area contributed by atoms with Crippen molar-refractivity contribution in [3.8, 4) is 11.5 Å². The number of aromatic hydroxyl groups is 1. The first-order valence-electron chi connectivity index (χ1n) is 11.2. The number of rotatable bonds is 8. The minimum absolute atomic E-state index is 0.00968. The Morgan fingerprint density at radius 1 is 1.17 bits per heavy atom. The van der Waals surface area contributed by atoms with Crippen LogP contribution in [0.2, 0.25) is 0 Å². The highest BCUT2D eigenvalue weighted by Crippen LogP contribution is 2.31. The summed E-state index contributed by atoms with van der Waals surface area (Å²) in [6.45, 7) is 5.24. The number of amides is 1. The lowest BCUT2D eigenvalue weighted by atomic mass is 10.0. The van der Waals surface area contributed by atoms with Crippen molar-refractivity contribution in [1.82, 2.24) is 10.3 Å². The molecule has 0 saturated carbocycles. The first-order chi connectivity index (χ1) is 16.7. The summed E-state index contributed by atoms with van der Waals surface area (Å²) in [5.41, 5.74) is 2.79. The molecule has 2 aromatic carbocycles. The van der Waals surface area contributed by atoms with Crippen molar-refractivity contribution in [1.29, 1.82) is 0 Å². The topological polar surface area (TPSA) is 142 Å². The fraction of sp³-hybridized carbons (Fsp3) is 0.269. The van der Waals surface area contributed by atoms with Crippen molar-refractivity contribution >= 4 is 33.7 Å². The third-order valence-corrected chi connectivity index (χ3v) is 5.88. The summed E-state index contributed by atoms with van der Waals surface area (Å²) in [7, 11) is 0. The predicted octanol–water partition coefficient (Wildman–Crippen LogP) is 3.43. The number of carboxylic acids is 1. The second-order valence-corrected chi connectivity index (χ2v) is 8.49. The van der Waals surface area contributed by atoms with Gasteiger partial charge in [0, 0.05) is 29.6 Å². The third kappa shape index (κ3) is 4.98. The number of carboxylic acid groups (broad SMARTS) is 1. The molecule has 0 fully saturated rings. The van der Waals surface area contributed by atoms with E-state index in [1.807, 2.05) is 13.8 Å². The highest BCUT2D eigenvalue weighted by atomic mass is 16.5. The van der Waals surface area contributed by atoms with Crippen LogP contribution in [0.25, 0.3) is 21.9 Å². The normalized spacial score (nSPS) is 13.0. The number of phenols is 1. The maximum atomic E-state index is 12.9. The molecule has 4 aromatic rings. The maximum Gasteiger partial charge on any atom is 0.336 e. The molecule has 182 valence electrons. The van der Waals surface area contributed by atoms with Crippen LogP contribution in [0.15, 0.2) is 51.8 Å². The average Bonchev–Trinajstić information content (AvgIpc) is 3.19. The molecule has 0 radical (unpaired) electrons. The van der Waals surface area contributed by atoms with Crippen molar-refractivity contribution in [2.45, 2.75) is 45.8 Å². The molecule has 0 aliphatic carbocycles. The highest BCUT2D eigenvalue weighted by Gasteiger charge is 2.26. The van der Waals surface area contributed by atoms with E-state index in [0.717, 1.165) is 16.6 Å². The maximum absolute atomic E-state index is 12.9. The molecule has 4 rings (SSSR count). The van der Waals surface area contributed by atoms with Gasteiger partial charge in [-0.15, -0.1) is 0 Å². The summed E-state index contributed by atoms with van der Waals surface area (Å²) >= 11 is 0. The molecule has 0 saturated heterocycles. The van der Waals surface area contributed by atoms with Crippen molar-refractivity contribution in [3.63, 3.8) is 0 Å². The zero-order valence-corrected chi connectivity index (χ0v) is 19.5. The summed E-state index contributed by atoms with van der Waals surface area (Å²) in [6, 6.07) is 8.42. The number of aliphatic carboxylic acids is 1.